The lowest BCUT2D eigenvalue weighted by Crippen LogP contribution is -2.48. The van der Waals surface area contributed by atoms with Gasteiger partial charge in [0, 0.05) is 49.5 Å². The summed E-state index contributed by atoms with van der Waals surface area (Å²) in [5, 5.41) is 0. The number of nitrogens with zero attached hydrogens (tertiary/aromatic N) is 4. The van der Waals surface area contributed by atoms with Gasteiger partial charge in [0.05, 0.1) is 11.2 Å². The van der Waals surface area contributed by atoms with Crippen molar-refractivity contribution in [2.45, 2.75) is 19.3 Å². The number of rotatable bonds is 5. The minimum atomic E-state index is 0.261. The fourth-order valence-corrected chi connectivity index (χ4v) is 4.01. The SMILES string of the molecule is O=C(CCCc1ccccc1)N1CCN(c2ccnc3cc(Br)cnc23)CC1. The van der Waals surface area contributed by atoms with E-state index >= 15 is 0 Å². The molecular weight excluding hydrogens is 416 g/mol. The number of carbonyl (C=O) groups excluding carboxylic acids is 1. The lowest BCUT2D eigenvalue weighted by atomic mass is 10.1. The van der Waals surface area contributed by atoms with Crippen molar-refractivity contribution in [3.8, 4) is 0 Å². The summed E-state index contributed by atoms with van der Waals surface area (Å²) in [4.78, 5) is 25.8. The zero-order valence-corrected chi connectivity index (χ0v) is 17.3. The van der Waals surface area contributed by atoms with Crippen LogP contribution in [-0.4, -0.2) is 47.0 Å². The molecule has 0 unspecified atom stereocenters. The zero-order valence-electron chi connectivity index (χ0n) is 15.7. The van der Waals surface area contributed by atoms with Gasteiger partial charge in [-0.15, -0.1) is 0 Å². The first-order valence-corrected chi connectivity index (χ1v) is 10.5. The number of aromatic nitrogens is 2. The third-order valence-electron chi connectivity index (χ3n) is 5.19. The van der Waals surface area contributed by atoms with Crippen LogP contribution in [0.25, 0.3) is 11.0 Å². The molecule has 144 valence electrons. The molecule has 1 saturated heterocycles. The average Bonchev–Trinajstić information content (AvgIpc) is 2.74. The van der Waals surface area contributed by atoms with Gasteiger partial charge >= 0.3 is 0 Å². The van der Waals surface area contributed by atoms with E-state index in [0.29, 0.717) is 6.42 Å². The van der Waals surface area contributed by atoms with E-state index < -0.39 is 0 Å². The number of anilines is 1. The van der Waals surface area contributed by atoms with E-state index in [9.17, 15) is 4.79 Å². The highest BCUT2D eigenvalue weighted by Crippen LogP contribution is 2.26. The smallest absolute Gasteiger partial charge is 0.222 e. The number of aryl methyl sites for hydroxylation is 1. The van der Waals surface area contributed by atoms with E-state index in [1.807, 2.05) is 41.4 Å². The molecule has 0 radical (unpaired) electrons. The number of benzene rings is 1. The molecule has 1 aliphatic rings. The van der Waals surface area contributed by atoms with E-state index in [1.165, 1.54) is 5.56 Å². The average molecular weight is 439 g/mol. The van der Waals surface area contributed by atoms with Crippen LogP contribution in [0, 0.1) is 0 Å². The number of hydrogen-bond donors (Lipinski definition) is 0. The summed E-state index contributed by atoms with van der Waals surface area (Å²) in [5.74, 6) is 0.261. The molecule has 0 aliphatic carbocycles. The van der Waals surface area contributed by atoms with Crippen molar-refractivity contribution in [1.29, 1.82) is 0 Å². The van der Waals surface area contributed by atoms with E-state index in [0.717, 1.165) is 60.2 Å². The summed E-state index contributed by atoms with van der Waals surface area (Å²) >= 11 is 3.45. The molecule has 3 aromatic rings. The number of hydrogen-bond acceptors (Lipinski definition) is 4. The van der Waals surface area contributed by atoms with Crippen LogP contribution in [0.4, 0.5) is 5.69 Å². The van der Waals surface area contributed by atoms with Gasteiger partial charge in [0.25, 0.3) is 0 Å². The molecule has 6 heteroatoms. The van der Waals surface area contributed by atoms with E-state index in [-0.39, 0.29) is 5.91 Å². The van der Waals surface area contributed by atoms with Crippen LogP contribution in [0.15, 0.2) is 59.3 Å². The number of pyridine rings is 2. The van der Waals surface area contributed by atoms with Crippen molar-refractivity contribution in [2.24, 2.45) is 0 Å². The Kier molecular flexibility index (Phi) is 5.86. The maximum Gasteiger partial charge on any atom is 0.222 e. The normalized spacial score (nSPS) is 14.5. The Morgan fingerprint density at radius 2 is 1.82 bits per heavy atom. The maximum atomic E-state index is 12.6. The Hall–Kier alpha value is -2.47. The van der Waals surface area contributed by atoms with Gasteiger partial charge in [0.15, 0.2) is 0 Å². The highest BCUT2D eigenvalue weighted by molar-refractivity contribution is 9.10. The van der Waals surface area contributed by atoms with Gasteiger partial charge < -0.3 is 9.80 Å². The topological polar surface area (TPSA) is 49.3 Å². The summed E-state index contributed by atoms with van der Waals surface area (Å²) in [6.45, 7) is 3.15. The molecule has 0 atom stereocenters. The minimum absolute atomic E-state index is 0.261. The summed E-state index contributed by atoms with van der Waals surface area (Å²) in [6.07, 6.45) is 6.10. The van der Waals surface area contributed by atoms with Crippen LogP contribution < -0.4 is 4.90 Å². The zero-order chi connectivity index (χ0) is 19.3. The Labute approximate surface area is 173 Å². The largest absolute Gasteiger partial charge is 0.366 e. The van der Waals surface area contributed by atoms with Crippen LogP contribution >= 0.6 is 15.9 Å². The standard InChI is InChI=1S/C22H23BrN4O/c23-18-15-19-22(25-16-18)20(9-10-24-19)26-11-13-27(14-12-26)21(28)8-4-7-17-5-2-1-3-6-17/h1-3,5-6,9-10,15-16H,4,7-8,11-14H2. The van der Waals surface area contributed by atoms with Crippen LogP contribution in [0.1, 0.15) is 18.4 Å². The van der Waals surface area contributed by atoms with Gasteiger partial charge in [0.1, 0.15) is 5.52 Å². The summed E-state index contributed by atoms with van der Waals surface area (Å²) in [7, 11) is 0. The van der Waals surface area contributed by atoms with E-state index in [1.54, 1.807) is 6.20 Å². The van der Waals surface area contributed by atoms with Crippen molar-refractivity contribution in [2.75, 3.05) is 31.1 Å². The molecular formula is C22H23BrN4O. The second-order valence-electron chi connectivity index (χ2n) is 7.06. The molecule has 1 fully saturated rings. The van der Waals surface area contributed by atoms with Gasteiger partial charge in [0.2, 0.25) is 5.91 Å². The lowest BCUT2D eigenvalue weighted by molar-refractivity contribution is -0.131. The molecule has 1 amide bonds. The number of halogens is 1. The lowest BCUT2D eigenvalue weighted by Gasteiger charge is -2.36. The van der Waals surface area contributed by atoms with E-state index in [4.69, 9.17) is 0 Å². The third kappa shape index (κ3) is 4.33. The quantitative estimate of drug-likeness (QED) is 0.602. The highest BCUT2D eigenvalue weighted by atomic mass is 79.9. The maximum absolute atomic E-state index is 12.6. The summed E-state index contributed by atoms with van der Waals surface area (Å²) in [6, 6.07) is 14.4. The summed E-state index contributed by atoms with van der Waals surface area (Å²) < 4.78 is 0.926. The van der Waals surface area contributed by atoms with Gasteiger partial charge in [-0.05, 0) is 46.5 Å². The molecule has 4 rings (SSSR count). The van der Waals surface area contributed by atoms with Crippen molar-refractivity contribution in [3.63, 3.8) is 0 Å². The fourth-order valence-electron chi connectivity index (χ4n) is 3.69. The first-order valence-electron chi connectivity index (χ1n) is 9.67. The number of carbonyl (C=O) groups is 1. The molecule has 2 aromatic heterocycles. The Morgan fingerprint density at radius 1 is 1.04 bits per heavy atom. The highest BCUT2D eigenvalue weighted by Gasteiger charge is 2.22. The van der Waals surface area contributed by atoms with Crippen molar-refractivity contribution in [3.05, 3.63) is 64.9 Å². The molecule has 0 saturated carbocycles. The Bertz CT molecular complexity index is 955. The Balaban J connectivity index is 1.33. The fraction of sp³-hybridized carbons (Fsp3) is 0.318. The van der Waals surface area contributed by atoms with Crippen LogP contribution in [0.3, 0.4) is 0 Å². The molecule has 28 heavy (non-hydrogen) atoms. The van der Waals surface area contributed by atoms with Crippen molar-refractivity contribution < 1.29 is 4.79 Å². The second-order valence-corrected chi connectivity index (χ2v) is 7.97. The van der Waals surface area contributed by atoms with Crippen molar-refractivity contribution >= 4 is 38.6 Å². The number of fused-ring (bicyclic) bond motifs is 1. The van der Waals surface area contributed by atoms with Gasteiger partial charge in [-0.3, -0.25) is 14.8 Å². The number of piperazine rings is 1. The predicted molar refractivity (Wildman–Crippen MR) is 115 cm³/mol. The molecule has 5 nitrogen and oxygen atoms in total. The Morgan fingerprint density at radius 3 is 2.61 bits per heavy atom. The van der Waals surface area contributed by atoms with E-state index in [2.05, 4.69) is 42.9 Å². The molecule has 1 aromatic carbocycles. The monoisotopic (exact) mass is 438 g/mol. The van der Waals surface area contributed by atoms with Crippen molar-refractivity contribution in [1.82, 2.24) is 14.9 Å². The minimum Gasteiger partial charge on any atom is -0.366 e. The van der Waals surface area contributed by atoms with Gasteiger partial charge in [-0.1, -0.05) is 30.3 Å². The van der Waals surface area contributed by atoms with Crippen LogP contribution in [0.5, 0.6) is 0 Å². The molecule has 0 spiro atoms. The number of amides is 1. The molecule has 0 N–H and O–H groups in total. The second kappa shape index (κ2) is 8.69. The van der Waals surface area contributed by atoms with Crippen LogP contribution in [0.2, 0.25) is 0 Å². The predicted octanol–water partition coefficient (Wildman–Crippen LogP) is 4.06. The summed E-state index contributed by atoms with van der Waals surface area (Å²) in [5.41, 5.74) is 4.18. The first-order chi connectivity index (χ1) is 13.7. The van der Waals surface area contributed by atoms with Crippen LogP contribution in [-0.2, 0) is 11.2 Å². The first kappa shape index (κ1) is 18.9. The van der Waals surface area contributed by atoms with Gasteiger partial charge in [-0.2, -0.15) is 0 Å². The molecule has 0 bridgehead atoms. The van der Waals surface area contributed by atoms with Gasteiger partial charge in [-0.25, -0.2) is 0 Å². The third-order valence-corrected chi connectivity index (χ3v) is 5.63. The molecule has 1 aliphatic heterocycles. The molecule has 3 heterocycles.